The molecule has 3 aromatic rings. The van der Waals surface area contributed by atoms with Crippen LogP contribution >= 0.6 is 22.7 Å². The summed E-state index contributed by atoms with van der Waals surface area (Å²) < 4.78 is 2.62. The SMILES string of the molecule is NNc1nnc(Cn2ccc3sccc3c2=O)s1. The Hall–Kier alpha value is -1.77. The number of hydrazine groups is 1. The van der Waals surface area contributed by atoms with Crippen LogP contribution in [-0.2, 0) is 6.54 Å². The third-order valence-electron chi connectivity index (χ3n) is 2.49. The first-order valence-electron chi connectivity index (χ1n) is 5.13. The third kappa shape index (κ3) is 1.90. The van der Waals surface area contributed by atoms with E-state index in [1.165, 1.54) is 11.3 Å². The summed E-state index contributed by atoms with van der Waals surface area (Å²) in [6, 6.07) is 3.77. The maximum absolute atomic E-state index is 12.2. The molecule has 0 fully saturated rings. The molecule has 3 N–H and O–H groups in total. The van der Waals surface area contributed by atoms with Crippen molar-refractivity contribution in [1.29, 1.82) is 0 Å². The zero-order chi connectivity index (χ0) is 12.5. The van der Waals surface area contributed by atoms with Crippen LogP contribution in [0.5, 0.6) is 0 Å². The first kappa shape index (κ1) is 11.3. The molecule has 0 spiro atoms. The molecular weight excluding hydrogens is 270 g/mol. The zero-order valence-electron chi connectivity index (χ0n) is 9.16. The molecule has 6 nitrogen and oxygen atoms in total. The van der Waals surface area contributed by atoms with Crippen LogP contribution in [0.15, 0.2) is 28.5 Å². The second-order valence-corrected chi connectivity index (χ2v) is 5.60. The lowest BCUT2D eigenvalue weighted by atomic mass is 10.3. The van der Waals surface area contributed by atoms with Gasteiger partial charge in [-0.1, -0.05) is 11.3 Å². The van der Waals surface area contributed by atoms with Crippen molar-refractivity contribution in [2.24, 2.45) is 5.84 Å². The Morgan fingerprint density at radius 3 is 3.06 bits per heavy atom. The molecule has 18 heavy (non-hydrogen) atoms. The molecule has 3 rings (SSSR count). The Labute approximate surface area is 110 Å². The van der Waals surface area contributed by atoms with Crippen LogP contribution in [0.1, 0.15) is 5.01 Å². The van der Waals surface area contributed by atoms with Gasteiger partial charge >= 0.3 is 0 Å². The van der Waals surface area contributed by atoms with E-state index < -0.39 is 0 Å². The monoisotopic (exact) mass is 279 g/mol. The van der Waals surface area contributed by atoms with E-state index in [0.717, 1.165) is 15.1 Å². The van der Waals surface area contributed by atoms with Gasteiger partial charge in [-0.3, -0.25) is 10.2 Å². The molecule has 0 atom stereocenters. The van der Waals surface area contributed by atoms with E-state index in [1.54, 1.807) is 22.1 Å². The van der Waals surface area contributed by atoms with Crippen molar-refractivity contribution in [3.63, 3.8) is 0 Å². The van der Waals surface area contributed by atoms with Crippen LogP contribution in [0.3, 0.4) is 0 Å². The number of nitrogens with two attached hydrogens (primary N) is 1. The molecular formula is C10H9N5OS2. The largest absolute Gasteiger partial charge is 0.308 e. The number of nitrogen functional groups attached to an aromatic ring is 1. The summed E-state index contributed by atoms with van der Waals surface area (Å²) in [6.45, 7) is 0.407. The quantitative estimate of drug-likeness (QED) is 0.556. The first-order valence-corrected chi connectivity index (χ1v) is 6.83. The number of pyridine rings is 1. The highest BCUT2D eigenvalue weighted by molar-refractivity contribution is 7.17. The summed E-state index contributed by atoms with van der Waals surface area (Å²) in [6.07, 6.45) is 1.78. The topological polar surface area (TPSA) is 85.8 Å². The number of nitrogens with one attached hydrogen (secondary N) is 1. The highest BCUT2D eigenvalue weighted by Crippen LogP contribution is 2.18. The molecule has 0 amide bonds. The zero-order valence-corrected chi connectivity index (χ0v) is 10.8. The van der Waals surface area contributed by atoms with Crippen molar-refractivity contribution in [1.82, 2.24) is 14.8 Å². The number of nitrogens with zero attached hydrogens (tertiary/aromatic N) is 3. The Morgan fingerprint density at radius 1 is 1.39 bits per heavy atom. The minimum Gasteiger partial charge on any atom is -0.308 e. The lowest BCUT2D eigenvalue weighted by Gasteiger charge is -2.01. The number of aromatic nitrogens is 3. The summed E-state index contributed by atoms with van der Waals surface area (Å²) in [7, 11) is 0. The molecule has 0 saturated carbocycles. The minimum absolute atomic E-state index is 0.00814. The lowest BCUT2D eigenvalue weighted by Crippen LogP contribution is -2.19. The first-order chi connectivity index (χ1) is 8.78. The van der Waals surface area contributed by atoms with Gasteiger partial charge in [-0.05, 0) is 17.5 Å². The average molecular weight is 279 g/mol. The van der Waals surface area contributed by atoms with Crippen molar-refractivity contribution in [3.05, 3.63) is 39.1 Å². The van der Waals surface area contributed by atoms with E-state index in [1.807, 2.05) is 17.5 Å². The van der Waals surface area contributed by atoms with Crippen LogP contribution in [0.2, 0.25) is 0 Å². The molecule has 8 heteroatoms. The number of fused-ring (bicyclic) bond motifs is 1. The molecule has 0 aromatic carbocycles. The highest BCUT2D eigenvalue weighted by atomic mass is 32.1. The normalized spacial score (nSPS) is 10.9. The Balaban J connectivity index is 1.99. The smallest absolute Gasteiger partial charge is 0.259 e. The molecule has 3 heterocycles. The van der Waals surface area contributed by atoms with E-state index in [9.17, 15) is 4.79 Å². The van der Waals surface area contributed by atoms with Gasteiger partial charge in [-0.15, -0.1) is 21.5 Å². The number of thiophene rings is 1. The van der Waals surface area contributed by atoms with Crippen molar-refractivity contribution in [2.45, 2.75) is 6.54 Å². The molecule has 0 unspecified atom stereocenters. The number of hydrogen-bond acceptors (Lipinski definition) is 7. The lowest BCUT2D eigenvalue weighted by molar-refractivity contribution is 0.752. The molecule has 3 aromatic heterocycles. The fourth-order valence-corrected chi connectivity index (χ4v) is 3.07. The maximum atomic E-state index is 12.2. The number of rotatable bonds is 3. The van der Waals surface area contributed by atoms with Gasteiger partial charge in [-0.25, -0.2) is 5.84 Å². The van der Waals surface area contributed by atoms with Crippen LogP contribution in [0.4, 0.5) is 5.13 Å². The second kappa shape index (κ2) is 4.48. The standard InChI is InChI=1S/C10H9N5OS2/c11-12-10-14-13-8(18-10)5-15-3-1-7-6(9(15)16)2-4-17-7/h1-4H,5,11H2,(H,12,14). The van der Waals surface area contributed by atoms with E-state index >= 15 is 0 Å². The molecule has 0 aliphatic heterocycles. The van der Waals surface area contributed by atoms with Gasteiger partial charge in [0, 0.05) is 10.9 Å². The van der Waals surface area contributed by atoms with Crippen LogP contribution in [-0.4, -0.2) is 14.8 Å². The van der Waals surface area contributed by atoms with Gasteiger partial charge in [0.2, 0.25) is 5.13 Å². The van der Waals surface area contributed by atoms with Gasteiger partial charge in [0.25, 0.3) is 5.56 Å². The third-order valence-corrected chi connectivity index (χ3v) is 4.21. The summed E-state index contributed by atoms with van der Waals surface area (Å²) in [4.78, 5) is 12.2. The van der Waals surface area contributed by atoms with Gasteiger partial charge in [0.1, 0.15) is 5.01 Å². The van der Waals surface area contributed by atoms with E-state index in [4.69, 9.17) is 5.84 Å². The Bertz CT molecular complexity index is 744. The second-order valence-electron chi connectivity index (χ2n) is 3.59. The molecule has 0 aliphatic carbocycles. The maximum Gasteiger partial charge on any atom is 0.259 e. The molecule has 92 valence electrons. The van der Waals surface area contributed by atoms with E-state index in [-0.39, 0.29) is 5.56 Å². The van der Waals surface area contributed by atoms with Crippen molar-refractivity contribution >= 4 is 37.9 Å². The minimum atomic E-state index is -0.00814. The molecule has 0 bridgehead atoms. The Kier molecular flexibility index (Phi) is 2.82. The van der Waals surface area contributed by atoms with Gasteiger partial charge < -0.3 is 4.57 Å². The van der Waals surface area contributed by atoms with Crippen LogP contribution < -0.4 is 16.8 Å². The fraction of sp³-hybridized carbons (Fsp3) is 0.100. The van der Waals surface area contributed by atoms with Crippen molar-refractivity contribution in [3.8, 4) is 0 Å². The predicted molar refractivity (Wildman–Crippen MR) is 72.9 cm³/mol. The van der Waals surface area contributed by atoms with Crippen LogP contribution in [0.25, 0.3) is 10.1 Å². The molecule has 0 saturated heterocycles. The van der Waals surface area contributed by atoms with E-state index in [2.05, 4.69) is 15.6 Å². The molecule has 0 aliphatic rings. The predicted octanol–water partition coefficient (Wildman–Crippen LogP) is 1.25. The summed E-state index contributed by atoms with van der Waals surface area (Å²) in [5, 5.41) is 11.7. The van der Waals surface area contributed by atoms with Crippen molar-refractivity contribution in [2.75, 3.05) is 5.43 Å². The summed E-state index contributed by atoms with van der Waals surface area (Å²) >= 11 is 2.89. The van der Waals surface area contributed by atoms with Crippen LogP contribution in [0, 0.1) is 0 Å². The fourth-order valence-electron chi connectivity index (χ4n) is 1.65. The number of anilines is 1. The number of hydrogen-bond donors (Lipinski definition) is 2. The summed E-state index contributed by atoms with van der Waals surface area (Å²) in [5.41, 5.74) is 2.42. The van der Waals surface area contributed by atoms with Gasteiger partial charge in [0.05, 0.1) is 11.9 Å². The van der Waals surface area contributed by atoms with Gasteiger partial charge in [-0.2, -0.15) is 0 Å². The van der Waals surface area contributed by atoms with E-state index in [0.29, 0.717) is 11.7 Å². The average Bonchev–Trinajstić information content (AvgIpc) is 3.01. The molecule has 0 radical (unpaired) electrons. The van der Waals surface area contributed by atoms with Gasteiger partial charge in [0.15, 0.2) is 0 Å². The highest BCUT2D eigenvalue weighted by Gasteiger charge is 2.07. The van der Waals surface area contributed by atoms with Crippen molar-refractivity contribution < 1.29 is 0 Å². The summed E-state index contributed by atoms with van der Waals surface area (Å²) in [5.74, 6) is 5.24. The Morgan fingerprint density at radius 2 is 2.28 bits per heavy atom.